The predicted octanol–water partition coefficient (Wildman–Crippen LogP) is -2.05. The van der Waals surface area contributed by atoms with Crippen molar-refractivity contribution in [2.24, 2.45) is 0 Å². The van der Waals surface area contributed by atoms with Gasteiger partial charge in [0.15, 0.2) is 22.6 Å². The quantitative estimate of drug-likeness (QED) is 0.0326. The second-order valence-corrected chi connectivity index (χ2v) is 24.4. The standard InChI is InChI=1S/C39H51N15O25P4/c1-16-8-52(39(59)50-35(16)56)27-5-18(77-81(63,64)70-9-21-17(55)4-26(73-21)51-3-2-25(40)47-38(51)58)23(74-27)11-71-83(67,68)79-20-6-28(53-14-45-30-32(41)43-13-44-33(30)53)76-24(20)12-72-82(65,66)78-19-7-29(75-22(19)10-69-80(60,61)62)54-15-46-31-34(54)48-37(42)49-36(31)57/h2-3,8,13-15,17-24,26-29,55H,4-7,9-12H2,1H3,(H,63,64)(H,65,66)(H,67,68)(H2,40,47,58)(H2,41,43,44)(H,50,56,59)(H2,60,61,62)(H3,42,48,49,57)/t17-,18-,19-,20-,21+,22+,23+,24+,26+,27+,28+,29+/m0/s1. The molecule has 4 saturated heterocycles. The topological polar surface area (TPSA) is 566 Å². The van der Waals surface area contributed by atoms with Gasteiger partial charge in [0, 0.05) is 43.6 Å². The molecular formula is C39H51N15O25P4. The van der Waals surface area contributed by atoms with Gasteiger partial charge in [-0.2, -0.15) is 9.97 Å². The predicted molar refractivity (Wildman–Crippen MR) is 271 cm³/mol. The Balaban J connectivity index is 0.843. The second kappa shape index (κ2) is 23.5. The first kappa shape index (κ1) is 60.2. The number of aromatic amines is 2. The van der Waals surface area contributed by atoms with E-state index in [0.717, 1.165) is 28.0 Å². The minimum Gasteiger partial charge on any atom is -0.390 e. The summed E-state index contributed by atoms with van der Waals surface area (Å²) in [4.78, 5) is 131. The molecule has 40 nitrogen and oxygen atoms in total. The van der Waals surface area contributed by atoms with E-state index in [1.807, 2.05) is 0 Å². The van der Waals surface area contributed by atoms with Crippen LogP contribution in [0, 0.1) is 6.92 Å². The summed E-state index contributed by atoms with van der Waals surface area (Å²) in [7, 11) is -21.2. The minimum atomic E-state index is -5.43. The zero-order valence-electron chi connectivity index (χ0n) is 42.5. The summed E-state index contributed by atoms with van der Waals surface area (Å²) in [5.74, 6) is -0.410. The smallest absolute Gasteiger partial charge is 0.390 e. The minimum absolute atomic E-state index is 0.0329. The molecule has 3 unspecified atom stereocenters. The Labute approximate surface area is 461 Å². The van der Waals surface area contributed by atoms with Crippen molar-refractivity contribution in [2.75, 3.05) is 43.6 Å². The van der Waals surface area contributed by atoms with Gasteiger partial charge in [-0.3, -0.25) is 69.5 Å². The number of rotatable bonds is 22. The largest absolute Gasteiger partial charge is 0.472 e. The third-order valence-corrected chi connectivity index (χ3v) is 16.8. The van der Waals surface area contributed by atoms with Crippen LogP contribution in [0.25, 0.3) is 22.3 Å². The number of aryl methyl sites for hydroxylation is 1. The van der Waals surface area contributed by atoms with Crippen molar-refractivity contribution in [3.63, 3.8) is 0 Å². The van der Waals surface area contributed by atoms with Gasteiger partial charge in [-0.15, -0.1) is 0 Å². The average Bonchev–Trinajstić information content (AvgIpc) is 4.30. The summed E-state index contributed by atoms with van der Waals surface area (Å²) in [5.41, 5.74) is 14.0. The fraction of sp³-hybridized carbons (Fsp3) is 0.538. The first-order chi connectivity index (χ1) is 39.1. The molecule has 0 spiro atoms. The van der Waals surface area contributed by atoms with E-state index in [9.17, 15) is 67.0 Å². The number of aliphatic hydroxyl groups is 1. The van der Waals surface area contributed by atoms with Crippen LogP contribution in [0.3, 0.4) is 0 Å². The molecule has 15 atom stereocenters. The van der Waals surface area contributed by atoms with Crippen LogP contribution in [-0.2, 0) is 68.9 Å². The number of nitrogen functional groups attached to an aromatic ring is 3. The van der Waals surface area contributed by atoms with Crippen molar-refractivity contribution in [1.29, 1.82) is 0 Å². The van der Waals surface area contributed by atoms with Crippen LogP contribution >= 0.6 is 31.3 Å². The number of nitrogens with zero attached hydrogens (tertiary/aromatic N) is 10. The van der Waals surface area contributed by atoms with Gasteiger partial charge in [-0.05, 0) is 13.0 Å². The number of anilines is 3. The highest BCUT2D eigenvalue weighted by Crippen LogP contribution is 2.54. The maximum Gasteiger partial charge on any atom is 0.472 e. The molecule has 4 fully saturated rings. The number of nitrogens with two attached hydrogens (primary N) is 3. The number of H-pyrrole nitrogens is 2. The SMILES string of the molecule is Cc1cn([C@H]2C[C@H](OP(=O)(O)OC[C@H]3O[C@@H](n4ccc(N)nc4=O)C[C@@H]3O)[C@@H](COP(=O)(O)O[C@H]3C[C@H](n4cnc5c(N)ncnc54)O[C@@H]3COP(=O)(O)O[C@H]3C[C@H](n4cnc5c(=O)[nH]c(N)nc54)O[C@@H]3COP(=O)(O)O)O2)c(=O)[nH]c1=O. The van der Waals surface area contributed by atoms with E-state index in [-0.39, 0.29) is 64.7 Å². The number of phosphoric ester groups is 4. The van der Waals surface area contributed by atoms with Crippen LogP contribution in [-0.4, -0.2) is 163 Å². The second-order valence-electron chi connectivity index (χ2n) is 18.9. The van der Waals surface area contributed by atoms with Gasteiger partial charge >= 0.3 is 42.7 Å². The Morgan fingerprint density at radius 1 is 0.602 bits per heavy atom. The normalized spacial score (nSPS) is 28.9. The molecule has 6 aromatic rings. The molecule has 0 aliphatic carbocycles. The number of fused-ring (bicyclic) bond motifs is 2. The third-order valence-electron chi connectivity index (χ3n) is 13.2. The van der Waals surface area contributed by atoms with Crippen molar-refractivity contribution < 1.29 is 98.4 Å². The molecular weight excluding hydrogens is 1200 g/mol. The number of hydrogen-bond donors (Lipinski definition) is 11. The molecule has 4 aliphatic rings. The molecule has 0 bridgehead atoms. The number of phosphoric acid groups is 4. The monoisotopic (exact) mass is 1250 g/mol. The molecule has 0 aromatic carbocycles. The van der Waals surface area contributed by atoms with Gasteiger partial charge in [-0.1, -0.05) is 0 Å². The lowest BCUT2D eigenvalue weighted by Crippen LogP contribution is -2.33. The lowest BCUT2D eigenvalue weighted by molar-refractivity contribution is -0.0630. The summed E-state index contributed by atoms with van der Waals surface area (Å²) >= 11 is 0. The highest BCUT2D eigenvalue weighted by atomic mass is 31.2. The summed E-state index contributed by atoms with van der Waals surface area (Å²) < 4.78 is 118. The first-order valence-electron chi connectivity index (χ1n) is 24.4. The molecule has 10 heterocycles. The Hall–Kier alpha value is -5.90. The van der Waals surface area contributed by atoms with E-state index >= 15 is 0 Å². The Morgan fingerprint density at radius 3 is 1.65 bits per heavy atom. The van der Waals surface area contributed by atoms with Crippen LogP contribution in [0.15, 0.2) is 56.6 Å². The van der Waals surface area contributed by atoms with Crippen molar-refractivity contribution >= 4 is 71.2 Å². The van der Waals surface area contributed by atoms with E-state index in [1.54, 1.807) is 0 Å². The number of aromatic nitrogens is 12. The van der Waals surface area contributed by atoms with Gasteiger partial charge < -0.3 is 65.7 Å². The maximum absolute atomic E-state index is 14.0. The van der Waals surface area contributed by atoms with Crippen molar-refractivity contribution in [1.82, 2.24) is 58.1 Å². The lowest BCUT2D eigenvalue weighted by atomic mass is 10.2. The number of ether oxygens (including phenoxy) is 4. The van der Waals surface area contributed by atoms with Crippen LogP contribution in [0.2, 0.25) is 0 Å². The highest BCUT2D eigenvalue weighted by molar-refractivity contribution is 7.48. The Morgan fingerprint density at radius 2 is 1.10 bits per heavy atom. The molecule has 10 rings (SSSR count). The molecule has 0 radical (unpaired) electrons. The molecule has 0 amide bonds. The van der Waals surface area contributed by atoms with E-state index in [2.05, 4.69) is 44.4 Å². The van der Waals surface area contributed by atoms with Gasteiger partial charge in [0.25, 0.3) is 11.1 Å². The number of aliphatic hydroxyl groups excluding tert-OH is 1. The third kappa shape index (κ3) is 13.8. The number of nitrogens with one attached hydrogen (secondary N) is 2. The molecule has 452 valence electrons. The summed E-state index contributed by atoms with van der Waals surface area (Å²) in [6.45, 7) is -2.30. The average molecular weight is 1250 g/mol. The van der Waals surface area contributed by atoms with Gasteiger partial charge in [0.05, 0.1) is 45.2 Å². The van der Waals surface area contributed by atoms with Crippen molar-refractivity contribution in [3.8, 4) is 0 Å². The van der Waals surface area contributed by atoms with E-state index in [0.29, 0.717) is 0 Å². The zero-order valence-corrected chi connectivity index (χ0v) is 46.1. The molecule has 44 heteroatoms. The first-order valence-corrected chi connectivity index (χ1v) is 30.4. The summed E-state index contributed by atoms with van der Waals surface area (Å²) in [6, 6.07) is 1.31. The van der Waals surface area contributed by atoms with Gasteiger partial charge in [0.1, 0.15) is 85.3 Å². The molecule has 14 N–H and O–H groups in total. The fourth-order valence-electron chi connectivity index (χ4n) is 9.39. The summed E-state index contributed by atoms with van der Waals surface area (Å²) in [5, 5.41) is 10.7. The molecule has 83 heavy (non-hydrogen) atoms. The zero-order chi connectivity index (χ0) is 59.5. The highest BCUT2D eigenvalue weighted by Gasteiger charge is 2.49. The lowest BCUT2D eigenvalue weighted by Gasteiger charge is -2.25. The van der Waals surface area contributed by atoms with Gasteiger partial charge in [-0.25, -0.2) is 47.8 Å². The van der Waals surface area contributed by atoms with Crippen LogP contribution in [0.5, 0.6) is 0 Å². The van der Waals surface area contributed by atoms with Gasteiger partial charge in [0.2, 0.25) is 5.95 Å². The molecule has 4 aliphatic heterocycles. The van der Waals surface area contributed by atoms with Crippen LogP contribution < -0.4 is 39.7 Å². The van der Waals surface area contributed by atoms with E-state index in [4.69, 9.17) is 63.3 Å². The Bertz CT molecular complexity index is 3850. The Kier molecular flexibility index (Phi) is 17.1. The van der Waals surface area contributed by atoms with E-state index in [1.165, 1.54) is 34.6 Å². The summed E-state index contributed by atoms with van der Waals surface area (Å²) in [6.07, 6.45) is -12.6. The number of imidazole rings is 2. The van der Waals surface area contributed by atoms with Crippen LogP contribution in [0.4, 0.5) is 17.6 Å². The van der Waals surface area contributed by atoms with Crippen molar-refractivity contribution in [3.05, 3.63) is 84.7 Å². The fourth-order valence-corrected chi connectivity index (χ4v) is 12.6. The molecule has 0 saturated carbocycles. The van der Waals surface area contributed by atoms with Crippen LogP contribution in [0.1, 0.15) is 56.2 Å². The maximum atomic E-state index is 14.0. The van der Waals surface area contributed by atoms with Crippen molar-refractivity contribution in [2.45, 2.75) is 106 Å². The number of hydrogen-bond acceptors (Lipinski definition) is 29. The molecule has 6 aromatic heterocycles. The van der Waals surface area contributed by atoms with E-state index < -0.39 is 160 Å².